The van der Waals surface area contributed by atoms with E-state index in [1.54, 1.807) is 3.59 Å². The van der Waals surface area contributed by atoms with Gasteiger partial charge in [-0.05, 0) is 0 Å². The predicted octanol–water partition coefficient (Wildman–Crippen LogP) is 7.02. The van der Waals surface area contributed by atoms with Crippen LogP contribution in [-0.4, -0.2) is 29.1 Å². The molecule has 0 aromatic heterocycles. The zero-order chi connectivity index (χ0) is 17.2. The van der Waals surface area contributed by atoms with Gasteiger partial charge in [0.2, 0.25) is 0 Å². The van der Waals surface area contributed by atoms with Crippen LogP contribution in [0.4, 0.5) is 0 Å². The molecule has 23 heavy (non-hydrogen) atoms. The Morgan fingerprint density at radius 1 is 0.870 bits per heavy atom. The molecule has 1 nitrogen and oxygen atoms in total. The van der Waals surface area contributed by atoms with E-state index in [0.29, 0.717) is 0 Å². The van der Waals surface area contributed by atoms with Crippen molar-refractivity contribution in [3.63, 3.8) is 0 Å². The third-order valence-corrected chi connectivity index (χ3v) is 22.7. The third kappa shape index (κ3) is 6.06. The number of rotatable bonds is 11. The van der Waals surface area contributed by atoms with Crippen molar-refractivity contribution in [3.8, 4) is 0 Å². The van der Waals surface area contributed by atoms with Gasteiger partial charge in [-0.2, -0.15) is 0 Å². The van der Waals surface area contributed by atoms with Gasteiger partial charge in [-0.15, -0.1) is 0 Å². The average Bonchev–Trinajstić information content (AvgIpc) is 2.56. The second-order valence-corrected chi connectivity index (χ2v) is 21.0. The molecule has 1 N–H and O–H groups in total. The van der Waals surface area contributed by atoms with E-state index in [1.165, 1.54) is 71.1 Å². The summed E-state index contributed by atoms with van der Waals surface area (Å²) in [6.07, 6.45) is 16.3. The van der Waals surface area contributed by atoms with Crippen LogP contribution in [0.5, 0.6) is 0 Å². The van der Waals surface area contributed by atoms with Gasteiger partial charge >= 0.3 is 150 Å². The van der Waals surface area contributed by atoms with Crippen LogP contribution in [0, 0.1) is 0 Å². The SMILES string of the molecule is CC=[C](C1(O)CCCCC1)[Sn]([CH2]CCC)([CH2]CCC)[CH2]CCC. The van der Waals surface area contributed by atoms with Gasteiger partial charge in [0.1, 0.15) is 0 Å². The Kier molecular flexibility index (Phi) is 10.5. The Hall–Kier alpha value is 0.499. The average molecular weight is 429 g/mol. The summed E-state index contributed by atoms with van der Waals surface area (Å²) in [7, 11) is 0. The van der Waals surface area contributed by atoms with E-state index in [2.05, 4.69) is 33.8 Å². The summed E-state index contributed by atoms with van der Waals surface area (Å²) in [6.45, 7) is 9.24. The van der Waals surface area contributed by atoms with Gasteiger partial charge in [-0.25, -0.2) is 0 Å². The van der Waals surface area contributed by atoms with Crippen LogP contribution in [0.25, 0.3) is 0 Å². The van der Waals surface area contributed by atoms with Crippen molar-refractivity contribution in [2.45, 2.75) is 117 Å². The third-order valence-electron chi connectivity index (χ3n) is 6.07. The van der Waals surface area contributed by atoms with Crippen LogP contribution in [-0.2, 0) is 0 Å². The summed E-state index contributed by atoms with van der Waals surface area (Å²) in [5, 5.41) is 11.5. The molecule has 2 heteroatoms. The quantitative estimate of drug-likeness (QED) is 0.350. The van der Waals surface area contributed by atoms with Gasteiger partial charge in [0, 0.05) is 0 Å². The standard InChI is InChI=1S/C9H15O.3C4H9.Sn/c1-2-6-9(10)7-4-3-5-8-9;3*1-3-4-2;/h2,10H,3-5,7-8H2,1H3;3*1,3-4H2,2H3;. The second-order valence-electron chi connectivity index (χ2n) is 7.89. The first-order valence-corrected chi connectivity index (χ1v) is 18.0. The van der Waals surface area contributed by atoms with E-state index in [0.717, 1.165) is 12.8 Å². The van der Waals surface area contributed by atoms with E-state index < -0.39 is 24.0 Å². The summed E-state index contributed by atoms with van der Waals surface area (Å²) in [5.74, 6) is 0. The van der Waals surface area contributed by atoms with Crippen LogP contribution in [0.2, 0.25) is 13.3 Å². The topological polar surface area (TPSA) is 20.2 Å². The molecular formula is C21H42OSn. The Morgan fingerprint density at radius 3 is 1.65 bits per heavy atom. The minimum absolute atomic E-state index is 0.418. The van der Waals surface area contributed by atoms with Crippen LogP contribution < -0.4 is 0 Å². The molecule has 0 spiro atoms. The number of allylic oxidation sites excluding steroid dienone is 1. The van der Waals surface area contributed by atoms with Crippen LogP contribution >= 0.6 is 0 Å². The van der Waals surface area contributed by atoms with E-state index in [9.17, 15) is 5.11 Å². The van der Waals surface area contributed by atoms with Crippen molar-refractivity contribution < 1.29 is 5.11 Å². The fourth-order valence-corrected chi connectivity index (χ4v) is 23.3. The van der Waals surface area contributed by atoms with E-state index in [1.807, 2.05) is 0 Å². The maximum atomic E-state index is 11.5. The zero-order valence-corrected chi connectivity index (χ0v) is 19.3. The van der Waals surface area contributed by atoms with Crippen molar-refractivity contribution in [1.82, 2.24) is 0 Å². The molecule has 0 unspecified atom stereocenters. The van der Waals surface area contributed by atoms with Crippen molar-refractivity contribution in [3.05, 3.63) is 9.67 Å². The Bertz CT molecular complexity index is 320. The molecule has 136 valence electrons. The number of hydrogen-bond acceptors (Lipinski definition) is 1. The first-order valence-electron chi connectivity index (χ1n) is 10.5. The number of hydrogen-bond donors (Lipinski definition) is 1. The van der Waals surface area contributed by atoms with Gasteiger partial charge in [-0.1, -0.05) is 0 Å². The fraction of sp³-hybridized carbons (Fsp3) is 0.905. The van der Waals surface area contributed by atoms with Crippen molar-refractivity contribution >= 4 is 18.4 Å². The Morgan fingerprint density at radius 2 is 1.30 bits per heavy atom. The summed E-state index contributed by atoms with van der Waals surface area (Å²) >= 11 is -2.45. The molecule has 0 bridgehead atoms. The molecule has 1 aliphatic carbocycles. The van der Waals surface area contributed by atoms with Crippen molar-refractivity contribution in [2.75, 3.05) is 0 Å². The van der Waals surface area contributed by atoms with Gasteiger partial charge in [-0.3, -0.25) is 0 Å². The molecule has 0 atom stereocenters. The zero-order valence-electron chi connectivity index (χ0n) is 16.4. The number of unbranched alkanes of at least 4 members (excludes halogenated alkanes) is 3. The Labute approximate surface area is 150 Å². The van der Waals surface area contributed by atoms with Gasteiger partial charge in [0.15, 0.2) is 0 Å². The maximum absolute atomic E-state index is 11.5. The summed E-state index contributed by atoms with van der Waals surface area (Å²) in [4.78, 5) is 0. The monoisotopic (exact) mass is 430 g/mol. The van der Waals surface area contributed by atoms with E-state index in [4.69, 9.17) is 0 Å². The molecule has 1 fully saturated rings. The molecule has 0 aromatic carbocycles. The molecule has 0 radical (unpaired) electrons. The van der Waals surface area contributed by atoms with Crippen molar-refractivity contribution in [1.29, 1.82) is 0 Å². The van der Waals surface area contributed by atoms with Gasteiger partial charge in [0.05, 0.1) is 0 Å². The first kappa shape index (κ1) is 21.5. The van der Waals surface area contributed by atoms with Gasteiger partial charge < -0.3 is 0 Å². The summed E-state index contributed by atoms with van der Waals surface area (Å²) < 4.78 is 6.06. The molecular weight excluding hydrogens is 387 g/mol. The normalized spacial score (nSPS) is 19.1. The molecule has 1 saturated carbocycles. The molecule has 0 heterocycles. The fourth-order valence-electron chi connectivity index (χ4n) is 4.80. The molecule has 1 aliphatic rings. The summed E-state index contributed by atoms with van der Waals surface area (Å²) in [5.41, 5.74) is -0.418. The number of aliphatic hydroxyl groups is 1. The second kappa shape index (κ2) is 11.2. The van der Waals surface area contributed by atoms with E-state index >= 15 is 0 Å². The van der Waals surface area contributed by atoms with Gasteiger partial charge in [0.25, 0.3) is 0 Å². The van der Waals surface area contributed by atoms with Crippen LogP contribution in [0.1, 0.15) is 98.3 Å². The molecule has 0 aromatic rings. The molecule has 0 aliphatic heterocycles. The molecule has 0 saturated heterocycles. The molecule has 1 rings (SSSR count). The first-order chi connectivity index (χ1) is 11.1. The van der Waals surface area contributed by atoms with Crippen LogP contribution in [0.3, 0.4) is 0 Å². The van der Waals surface area contributed by atoms with Crippen LogP contribution in [0.15, 0.2) is 9.67 Å². The minimum atomic E-state index is -2.45. The predicted molar refractivity (Wildman–Crippen MR) is 107 cm³/mol. The van der Waals surface area contributed by atoms with Crippen molar-refractivity contribution in [2.24, 2.45) is 0 Å². The molecule has 0 amide bonds. The Balaban J connectivity index is 3.13. The van der Waals surface area contributed by atoms with E-state index in [-0.39, 0.29) is 0 Å². The summed E-state index contributed by atoms with van der Waals surface area (Å²) in [6, 6.07) is 0.